The van der Waals surface area contributed by atoms with Crippen molar-refractivity contribution in [3.05, 3.63) is 53.1 Å². The van der Waals surface area contributed by atoms with Crippen molar-refractivity contribution in [2.45, 2.75) is 66.3 Å². The molecule has 3 nitrogen and oxygen atoms in total. The smallest absolute Gasteiger partial charge is 0.0631 e. The lowest BCUT2D eigenvalue weighted by Crippen LogP contribution is -2.48. The van der Waals surface area contributed by atoms with Crippen LogP contribution in [0.15, 0.2) is 41.4 Å². The van der Waals surface area contributed by atoms with Gasteiger partial charge >= 0.3 is 0 Å². The summed E-state index contributed by atoms with van der Waals surface area (Å²) in [5.74, 6) is 0.559. The van der Waals surface area contributed by atoms with E-state index in [0.29, 0.717) is 5.92 Å². The van der Waals surface area contributed by atoms with Crippen molar-refractivity contribution in [3.8, 4) is 0 Å². The van der Waals surface area contributed by atoms with Gasteiger partial charge in [-0.25, -0.2) is 0 Å². The molecule has 156 valence electrons. The van der Waals surface area contributed by atoms with Gasteiger partial charge < -0.3 is 9.80 Å². The highest BCUT2D eigenvalue weighted by atomic mass is 15.2. The molecule has 3 rings (SSSR count). The largest absolute Gasteiger partial charge is 0.372 e. The quantitative estimate of drug-likeness (QED) is 0.510. The molecule has 0 spiro atoms. The Bertz CT molecular complexity index is 860. The molecule has 0 aromatic heterocycles. The molecule has 0 saturated heterocycles. The Labute approximate surface area is 177 Å². The van der Waals surface area contributed by atoms with E-state index >= 15 is 0 Å². The molecule has 0 bridgehead atoms. The predicted molar refractivity (Wildman–Crippen MR) is 129 cm³/mol. The number of hydrogen-bond acceptors (Lipinski definition) is 3. The molecule has 3 heteroatoms. The minimum absolute atomic E-state index is 0.204. The summed E-state index contributed by atoms with van der Waals surface area (Å²) in [7, 11) is 0. The van der Waals surface area contributed by atoms with Crippen LogP contribution in [0.25, 0.3) is 0 Å². The Morgan fingerprint density at radius 2 is 1.76 bits per heavy atom. The maximum atomic E-state index is 4.77. The highest BCUT2D eigenvalue weighted by Crippen LogP contribution is 2.44. The van der Waals surface area contributed by atoms with Crippen molar-refractivity contribution in [1.82, 2.24) is 0 Å². The number of anilines is 2. The van der Waals surface area contributed by atoms with Gasteiger partial charge in [-0.05, 0) is 107 Å². The van der Waals surface area contributed by atoms with Gasteiger partial charge in [0.05, 0.1) is 5.69 Å². The number of aryl methyl sites for hydroxylation is 1. The van der Waals surface area contributed by atoms with Gasteiger partial charge in [0.15, 0.2) is 0 Å². The van der Waals surface area contributed by atoms with Gasteiger partial charge in [0.1, 0.15) is 0 Å². The fourth-order valence-corrected chi connectivity index (χ4v) is 4.87. The second kappa shape index (κ2) is 8.61. The number of hydrogen-bond donors (Lipinski definition) is 0. The van der Waals surface area contributed by atoms with Gasteiger partial charge in [-0.3, -0.25) is 4.99 Å². The number of nitrogens with zero attached hydrogens (tertiary/aromatic N) is 3. The van der Waals surface area contributed by atoms with E-state index in [2.05, 4.69) is 94.7 Å². The second-order valence-corrected chi connectivity index (χ2v) is 8.88. The van der Waals surface area contributed by atoms with Gasteiger partial charge in [0, 0.05) is 42.8 Å². The molecule has 1 unspecified atom stereocenters. The Balaban J connectivity index is 1.88. The minimum atomic E-state index is 0.204. The Kier molecular flexibility index (Phi) is 6.36. The minimum Gasteiger partial charge on any atom is -0.372 e. The van der Waals surface area contributed by atoms with Crippen LogP contribution in [0.1, 0.15) is 70.6 Å². The maximum absolute atomic E-state index is 4.77. The maximum Gasteiger partial charge on any atom is 0.0631 e. The third-order valence-corrected chi connectivity index (χ3v) is 6.42. The van der Waals surface area contributed by atoms with Crippen molar-refractivity contribution in [2.75, 3.05) is 29.4 Å². The van der Waals surface area contributed by atoms with Crippen LogP contribution in [-0.2, 0) is 0 Å². The monoisotopic (exact) mass is 391 g/mol. The molecule has 1 aliphatic rings. The van der Waals surface area contributed by atoms with E-state index in [1.165, 1.54) is 34.5 Å². The van der Waals surface area contributed by atoms with Crippen LogP contribution in [0.2, 0.25) is 0 Å². The van der Waals surface area contributed by atoms with E-state index in [1.54, 1.807) is 0 Å². The third-order valence-electron chi connectivity index (χ3n) is 6.42. The topological polar surface area (TPSA) is 18.8 Å². The van der Waals surface area contributed by atoms with Gasteiger partial charge in [0.2, 0.25) is 0 Å². The molecule has 1 atom stereocenters. The van der Waals surface area contributed by atoms with Crippen molar-refractivity contribution >= 4 is 23.3 Å². The lowest BCUT2D eigenvalue weighted by Gasteiger charge is -2.47. The molecule has 29 heavy (non-hydrogen) atoms. The average Bonchev–Trinajstić information content (AvgIpc) is 2.68. The molecule has 1 aliphatic heterocycles. The summed E-state index contributed by atoms with van der Waals surface area (Å²) in [6.07, 6.45) is 3.21. The van der Waals surface area contributed by atoms with Crippen LogP contribution < -0.4 is 9.80 Å². The van der Waals surface area contributed by atoms with Crippen molar-refractivity contribution in [1.29, 1.82) is 0 Å². The molecule has 2 aromatic carbocycles. The summed E-state index contributed by atoms with van der Waals surface area (Å²) in [6.45, 7) is 19.0. The molecule has 2 aromatic rings. The highest BCUT2D eigenvalue weighted by Gasteiger charge is 2.35. The van der Waals surface area contributed by atoms with E-state index in [-0.39, 0.29) is 5.54 Å². The van der Waals surface area contributed by atoms with Gasteiger partial charge in [-0.1, -0.05) is 6.92 Å². The highest BCUT2D eigenvalue weighted by molar-refractivity contribution is 5.86. The number of rotatable bonds is 6. The molecule has 0 N–H and O–H groups in total. The zero-order chi connectivity index (χ0) is 21.2. The van der Waals surface area contributed by atoms with E-state index in [1.807, 2.05) is 6.21 Å². The zero-order valence-electron chi connectivity index (χ0n) is 19.3. The number of fused-ring (bicyclic) bond motifs is 1. The van der Waals surface area contributed by atoms with Crippen LogP contribution in [0.5, 0.6) is 0 Å². The molecule has 0 amide bonds. The molecule has 0 saturated carbocycles. The number of aliphatic imine (C=N–C) groups is 1. The molecule has 0 fully saturated rings. The standard InChI is InChI=1S/C26H37N3/c1-8-28(9-2)23-13-11-22(12-14-23)27-18-21-16-24-20(5)17-26(6,7)29(10-3)25(24)15-19(21)4/h11-16,18,20H,8-10,17H2,1-7H3. The first kappa shape index (κ1) is 21.4. The first-order valence-corrected chi connectivity index (χ1v) is 11.1. The molecular formula is C26H37N3. The third kappa shape index (κ3) is 4.34. The van der Waals surface area contributed by atoms with E-state index in [4.69, 9.17) is 4.99 Å². The van der Waals surface area contributed by atoms with Crippen molar-refractivity contribution in [3.63, 3.8) is 0 Å². The number of benzene rings is 2. The van der Waals surface area contributed by atoms with Gasteiger partial charge in [-0.15, -0.1) is 0 Å². The summed E-state index contributed by atoms with van der Waals surface area (Å²) in [5.41, 5.74) is 7.83. The van der Waals surface area contributed by atoms with Gasteiger partial charge in [-0.2, -0.15) is 0 Å². The first-order chi connectivity index (χ1) is 13.8. The molecule has 0 radical (unpaired) electrons. The lowest BCUT2D eigenvalue weighted by molar-refractivity contribution is 0.381. The fourth-order valence-electron chi connectivity index (χ4n) is 4.87. The van der Waals surface area contributed by atoms with Crippen LogP contribution in [0, 0.1) is 6.92 Å². The summed E-state index contributed by atoms with van der Waals surface area (Å²) in [4.78, 5) is 9.68. The first-order valence-electron chi connectivity index (χ1n) is 11.1. The average molecular weight is 392 g/mol. The summed E-state index contributed by atoms with van der Waals surface area (Å²) < 4.78 is 0. The van der Waals surface area contributed by atoms with Crippen LogP contribution in [-0.4, -0.2) is 31.4 Å². The second-order valence-electron chi connectivity index (χ2n) is 8.88. The zero-order valence-corrected chi connectivity index (χ0v) is 19.3. The van der Waals surface area contributed by atoms with Crippen LogP contribution >= 0.6 is 0 Å². The SMILES string of the molecule is CCN(CC)c1ccc(N=Cc2cc3c(cc2C)N(CC)C(C)(C)CC3C)cc1. The summed E-state index contributed by atoms with van der Waals surface area (Å²) >= 11 is 0. The van der Waals surface area contributed by atoms with Crippen molar-refractivity contribution in [2.24, 2.45) is 4.99 Å². The van der Waals surface area contributed by atoms with Gasteiger partial charge in [0.25, 0.3) is 0 Å². The van der Waals surface area contributed by atoms with E-state index < -0.39 is 0 Å². The molecular weight excluding hydrogens is 354 g/mol. The Morgan fingerprint density at radius 3 is 2.34 bits per heavy atom. The van der Waals surface area contributed by atoms with E-state index in [0.717, 1.165) is 25.3 Å². The predicted octanol–water partition coefficient (Wildman–Crippen LogP) is 6.70. The van der Waals surface area contributed by atoms with Crippen LogP contribution in [0.4, 0.5) is 17.1 Å². The summed E-state index contributed by atoms with van der Waals surface area (Å²) in [6, 6.07) is 13.3. The molecule has 1 heterocycles. The van der Waals surface area contributed by atoms with Crippen LogP contribution in [0.3, 0.4) is 0 Å². The van der Waals surface area contributed by atoms with E-state index in [9.17, 15) is 0 Å². The fraction of sp³-hybridized carbons (Fsp3) is 0.500. The Hall–Kier alpha value is -2.29. The molecule has 0 aliphatic carbocycles. The van der Waals surface area contributed by atoms with Crippen molar-refractivity contribution < 1.29 is 0 Å². The Morgan fingerprint density at radius 1 is 1.10 bits per heavy atom. The lowest BCUT2D eigenvalue weighted by atomic mass is 9.79. The normalized spacial score (nSPS) is 18.2. The summed E-state index contributed by atoms with van der Waals surface area (Å²) in [5, 5.41) is 0.